The lowest BCUT2D eigenvalue weighted by atomic mass is 10.2. The molecule has 2 rings (SSSR count). The molecular weight excluding hydrogens is 214 g/mol. The first-order valence-corrected chi connectivity index (χ1v) is 5.32. The fourth-order valence-corrected chi connectivity index (χ4v) is 1.48. The summed E-state index contributed by atoms with van der Waals surface area (Å²) in [7, 11) is 0. The highest BCUT2D eigenvalue weighted by atomic mass is 16.1. The van der Waals surface area contributed by atoms with Crippen LogP contribution < -0.4 is 5.32 Å². The van der Waals surface area contributed by atoms with E-state index in [4.69, 9.17) is 0 Å². The predicted octanol–water partition coefficient (Wildman–Crippen LogP) is 2.35. The second-order valence-corrected chi connectivity index (χ2v) is 3.81. The summed E-state index contributed by atoms with van der Waals surface area (Å²) in [4.78, 5) is 19.8. The zero-order chi connectivity index (χ0) is 12.3. The van der Waals surface area contributed by atoms with Crippen molar-refractivity contribution in [1.29, 1.82) is 0 Å². The summed E-state index contributed by atoms with van der Waals surface area (Å²) in [6.45, 7) is 3.77. The van der Waals surface area contributed by atoms with Gasteiger partial charge in [-0.1, -0.05) is 18.2 Å². The van der Waals surface area contributed by atoms with Gasteiger partial charge in [0.15, 0.2) is 0 Å². The number of nitrogens with zero attached hydrogens (tertiary/aromatic N) is 2. The minimum absolute atomic E-state index is 0.218. The van der Waals surface area contributed by atoms with Crippen LogP contribution >= 0.6 is 0 Å². The number of benzene rings is 1. The SMILES string of the molecule is Cc1cc(C(=O)Nc2ccccc2C)ncn1. The number of carbonyl (C=O) groups excluding carboxylic acids is 1. The molecule has 4 heteroatoms. The molecular formula is C13H13N3O. The van der Waals surface area contributed by atoms with Gasteiger partial charge in [0.2, 0.25) is 0 Å². The summed E-state index contributed by atoms with van der Waals surface area (Å²) in [5, 5.41) is 2.82. The summed E-state index contributed by atoms with van der Waals surface area (Å²) < 4.78 is 0. The number of carbonyl (C=O) groups is 1. The molecule has 1 aromatic heterocycles. The van der Waals surface area contributed by atoms with Crippen LogP contribution in [0.2, 0.25) is 0 Å². The maximum Gasteiger partial charge on any atom is 0.274 e. The van der Waals surface area contributed by atoms with E-state index in [1.54, 1.807) is 6.07 Å². The molecule has 86 valence electrons. The first-order chi connectivity index (χ1) is 8.16. The van der Waals surface area contributed by atoms with E-state index in [1.165, 1.54) is 6.33 Å². The van der Waals surface area contributed by atoms with Gasteiger partial charge in [0.1, 0.15) is 12.0 Å². The van der Waals surface area contributed by atoms with E-state index in [1.807, 2.05) is 38.1 Å². The lowest BCUT2D eigenvalue weighted by Gasteiger charge is -2.07. The van der Waals surface area contributed by atoms with E-state index in [0.29, 0.717) is 5.69 Å². The molecule has 4 nitrogen and oxygen atoms in total. The summed E-state index contributed by atoms with van der Waals surface area (Å²) >= 11 is 0. The van der Waals surface area contributed by atoms with E-state index in [0.717, 1.165) is 16.9 Å². The first-order valence-electron chi connectivity index (χ1n) is 5.32. The Morgan fingerprint density at radius 3 is 2.65 bits per heavy atom. The quantitative estimate of drug-likeness (QED) is 0.856. The van der Waals surface area contributed by atoms with E-state index < -0.39 is 0 Å². The van der Waals surface area contributed by atoms with Crippen LogP contribution in [0.3, 0.4) is 0 Å². The minimum Gasteiger partial charge on any atom is -0.320 e. The second-order valence-electron chi connectivity index (χ2n) is 3.81. The Hall–Kier alpha value is -2.23. The third-order valence-electron chi connectivity index (χ3n) is 2.43. The molecule has 17 heavy (non-hydrogen) atoms. The molecule has 0 fully saturated rings. The Labute approximate surface area is 99.7 Å². The van der Waals surface area contributed by atoms with Gasteiger partial charge >= 0.3 is 0 Å². The fraction of sp³-hybridized carbons (Fsp3) is 0.154. The number of amides is 1. The number of anilines is 1. The summed E-state index contributed by atoms with van der Waals surface area (Å²) in [6.07, 6.45) is 1.39. The third kappa shape index (κ3) is 2.66. The van der Waals surface area contributed by atoms with Crippen LogP contribution in [-0.4, -0.2) is 15.9 Å². The maximum atomic E-state index is 11.9. The largest absolute Gasteiger partial charge is 0.320 e. The Morgan fingerprint density at radius 1 is 1.18 bits per heavy atom. The molecule has 1 N–H and O–H groups in total. The van der Waals surface area contributed by atoms with Crippen molar-refractivity contribution < 1.29 is 4.79 Å². The Bertz CT molecular complexity index is 552. The number of hydrogen-bond donors (Lipinski definition) is 1. The molecule has 0 aliphatic heterocycles. The smallest absolute Gasteiger partial charge is 0.274 e. The van der Waals surface area contributed by atoms with Crippen LogP contribution in [0, 0.1) is 13.8 Å². The van der Waals surface area contributed by atoms with Gasteiger partial charge in [0.25, 0.3) is 5.91 Å². The van der Waals surface area contributed by atoms with Crippen molar-refractivity contribution in [2.75, 3.05) is 5.32 Å². The molecule has 0 saturated heterocycles. The molecule has 1 amide bonds. The Balaban J connectivity index is 2.20. The zero-order valence-electron chi connectivity index (χ0n) is 9.77. The highest BCUT2D eigenvalue weighted by molar-refractivity contribution is 6.03. The molecule has 0 saturated carbocycles. The van der Waals surface area contributed by atoms with Crippen LogP contribution in [0.1, 0.15) is 21.7 Å². The van der Waals surface area contributed by atoms with Gasteiger partial charge in [0, 0.05) is 11.4 Å². The van der Waals surface area contributed by atoms with Crippen LogP contribution in [0.4, 0.5) is 5.69 Å². The zero-order valence-corrected chi connectivity index (χ0v) is 9.77. The number of para-hydroxylation sites is 1. The highest BCUT2D eigenvalue weighted by Gasteiger charge is 2.08. The lowest BCUT2D eigenvalue weighted by Crippen LogP contribution is -2.14. The molecule has 0 unspecified atom stereocenters. The molecule has 0 bridgehead atoms. The average Bonchev–Trinajstić information content (AvgIpc) is 2.32. The van der Waals surface area contributed by atoms with E-state index in [2.05, 4.69) is 15.3 Å². The molecule has 0 aliphatic carbocycles. The first kappa shape index (κ1) is 11.3. The van der Waals surface area contributed by atoms with Crippen LogP contribution in [-0.2, 0) is 0 Å². The van der Waals surface area contributed by atoms with Gasteiger partial charge in [-0.25, -0.2) is 9.97 Å². The molecule has 0 spiro atoms. The summed E-state index contributed by atoms with van der Waals surface area (Å²) in [6, 6.07) is 9.28. The van der Waals surface area contributed by atoms with Crippen molar-refractivity contribution in [1.82, 2.24) is 9.97 Å². The lowest BCUT2D eigenvalue weighted by molar-refractivity contribution is 0.102. The maximum absolute atomic E-state index is 11.9. The molecule has 0 radical (unpaired) electrons. The number of rotatable bonds is 2. The summed E-state index contributed by atoms with van der Waals surface area (Å²) in [5.41, 5.74) is 2.97. The minimum atomic E-state index is -0.218. The molecule has 2 aromatic rings. The number of hydrogen-bond acceptors (Lipinski definition) is 3. The fourth-order valence-electron chi connectivity index (χ4n) is 1.48. The second kappa shape index (κ2) is 4.74. The van der Waals surface area contributed by atoms with E-state index >= 15 is 0 Å². The molecule has 0 atom stereocenters. The van der Waals surface area contributed by atoms with Crippen LogP contribution in [0.5, 0.6) is 0 Å². The van der Waals surface area contributed by atoms with Crippen molar-refractivity contribution in [2.24, 2.45) is 0 Å². The normalized spacial score (nSPS) is 10.0. The molecule has 0 aliphatic rings. The van der Waals surface area contributed by atoms with Crippen molar-refractivity contribution >= 4 is 11.6 Å². The number of aromatic nitrogens is 2. The predicted molar refractivity (Wildman–Crippen MR) is 65.9 cm³/mol. The topological polar surface area (TPSA) is 54.9 Å². The van der Waals surface area contributed by atoms with E-state index in [9.17, 15) is 4.79 Å². The Kier molecular flexibility index (Phi) is 3.14. The monoisotopic (exact) mass is 227 g/mol. The van der Waals surface area contributed by atoms with Crippen molar-refractivity contribution in [2.45, 2.75) is 13.8 Å². The van der Waals surface area contributed by atoms with Gasteiger partial charge in [-0.3, -0.25) is 4.79 Å². The number of nitrogens with one attached hydrogen (secondary N) is 1. The van der Waals surface area contributed by atoms with Gasteiger partial charge in [-0.15, -0.1) is 0 Å². The third-order valence-corrected chi connectivity index (χ3v) is 2.43. The van der Waals surface area contributed by atoms with Gasteiger partial charge < -0.3 is 5.32 Å². The van der Waals surface area contributed by atoms with Gasteiger partial charge in [-0.05, 0) is 31.5 Å². The van der Waals surface area contributed by atoms with Crippen LogP contribution in [0.15, 0.2) is 36.7 Å². The van der Waals surface area contributed by atoms with Crippen LogP contribution in [0.25, 0.3) is 0 Å². The van der Waals surface area contributed by atoms with E-state index in [-0.39, 0.29) is 5.91 Å². The van der Waals surface area contributed by atoms with Crippen molar-refractivity contribution in [3.63, 3.8) is 0 Å². The highest BCUT2D eigenvalue weighted by Crippen LogP contribution is 2.14. The Morgan fingerprint density at radius 2 is 1.94 bits per heavy atom. The molecule has 1 aromatic carbocycles. The van der Waals surface area contributed by atoms with Gasteiger partial charge in [0.05, 0.1) is 0 Å². The van der Waals surface area contributed by atoms with Crippen molar-refractivity contribution in [3.8, 4) is 0 Å². The van der Waals surface area contributed by atoms with Crippen molar-refractivity contribution in [3.05, 3.63) is 53.6 Å². The standard InChI is InChI=1S/C13H13N3O/c1-9-5-3-4-6-11(9)16-13(17)12-7-10(2)14-8-15-12/h3-8H,1-2H3,(H,16,17). The number of aryl methyl sites for hydroxylation is 2. The van der Waals surface area contributed by atoms with Gasteiger partial charge in [-0.2, -0.15) is 0 Å². The summed E-state index contributed by atoms with van der Waals surface area (Å²) in [5.74, 6) is -0.218. The molecule has 1 heterocycles. The average molecular weight is 227 g/mol.